The summed E-state index contributed by atoms with van der Waals surface area (Å²) >= 11 is 0. The number of nitrogens with zero attached hydrogens (tertiary/aromatic N) is 4. The van der Waals surface area contributed by atoms with E-state index in [2.05, 4.69) is 16.1 Å². The first-order chi connectivity index (χ1) is 11.9. The van der Waals surface area contributed by atoms with Gasteiger partial charge in [0.2, 0.25) is 10.0 Å². The Hall–Kier alpha value is -2.21. The highest BCUT2D eigenvalue weighted by atomic mass is 32.2. The summed E-state index contributed by atoms with van der Waals surface area (Å²) in [5, 5.41) is 12.6. The number of hydrogen-bond acceptors (Lipinski definition) is 6. The van der Waals surface area contributed by atoms with E-state index in [1.807, 2.05) is 12.1 Å². The number of benzene rings is 1. The van der Waals surface area contributed by atoms with Gasteiger partial charge in [-0.1, -0.05) is 17.3 Å². The lowest BCUT2D eigenvalue weighted by molar-refractivity contribution is 0.181. The molecule has 1 fully saturated rings. The van der Waals surface area contributed by atoms with E-state index >= 15 is 0 Å². The van der Waals surface area contributed by atoms with Crippen molar-refractivity contribution in [2.75, 3.05) is 26.2 Å². The molecule has 1 aromatic heterocycles. The number of aryl methyl sites for hydroxylation is 2. The molecule has 2 aromatic rings. The van der Waals surface area contributed by atoms with Gasteiger partial charge in [0, 0.05) is 32.7 Å². The number of aromatic nitrogens is 1. The van der Waals surface area contributed by atoms with E-state index in [1.54, 1.807) is 26.0 Å². The number of piperazine rings is 1. The zero-order chi connectivity index (χ0) is 18.0. The fourth-order valence-corrected chi connectivity index (χ4v) is 4.76. The van der Waals surface area contributed by atoms with Crippen LogP contribution in [-0.2, 0) is 16.6 Å². The average Bonchev–Trinajstić information content (AvgIpc) is 2.95. The zero-order valence-electron chi connectivity index (χ0n) is 14.3. The lowest BCUT2D eigenvalue weighted by Gasteiger charge is -2.33. The van der Waals surface area contributed by atoms with E-state index in [1.165, 1.54) is 4.31 Å². The average molecular weight is 360 g/mol. The minimum absolute atomic E-state index is 0.188. The Labute approximate surface area is 147 Å². The van der Waals surface area contributed by atoms with Gasteiger partial charge < -0.3 is 4.52 Å². The summed E-state index contributed by atoms with van der Waals surface area (Å²) in [5.74, 6) is 0.331. The van der Waals surface area contributed by atoms with Crippen molar-refractivity contribution in [3.63, 3.8) is 0 Å². The predicted octanol–water partition coefficient (Wildman–Crippen LogP) is 1.67. The fraction of sp³-hybridized carbons (Fsp3) is 0.412. The molecule has 132 valence electrons. The molecule has 0 N–H and O–H groups in total. The molecule has 1 aromatic carbocycles. The topological polar surface area (TPSA) is 90.4 Å². The molecule has 0 aliphatic carbocycles. The van der Waals surface area contributed by atoms with E-state index in [4.69, 9.17) is 9.78 Å². The minimum Gasteiger partial charge on any atom is -0.360 e. The quantitative estimate of drug-likeness (QED) is 0.824. The number of rotatable bonds is 4. The van der Waals surface area contributed by atoms with E-state index in [0.717, 1.165) is 12.1 Å². The van der Waals surface area contributed by atoms with Crippen molar-refractivity contribution >= 4 is 10.0 Å². The molecule has 1 aliphatic heterocycles. The van der Waals surface area contributed by atoms with Crippen LogP contribution in [0.4, 0.5) is 0 Å². The van der Waals surface area contributed by atoms with Gasteiger partial charge >= 0.3 is 0 Å². The third kappa shape index (κ3) is 3.58. The van der Waals surface area contributed by atoms with Gasteiger partial charge in [-0.25, -0.2) is 8.42 Å². The fourth-order valence-electron chi connectivity index (χ4n) is 3.04. The SMILES string of the molecule is Cc1noc(C)c1S(=O)(=O)N1CCN(Cc2ccc(C#N)cc2)CC1. The molecule has 0 unspecified atom stereocenters. The molecule has 0 bridgehead atoms. The van der Waals surface area contributed by atoms with Crippen molar-refractivity contribution in [2.24, 2.45) is 0 Å². The van der Waals surface area contributed by atoms with Gasteiger partial charge in [-0.05, 0) is 31.5 Å². The van der Waals surface area contributed by atoms with Crippen LogP contribution in [-0.4, -0.2) is 49.0 Å². The minimum atomic E-state index is -3.57. The summed E-state index contributed by atoms with van der Waals surface area (Å²) < 4.78 is 32.1. The van der Waals surface area contributed by atoms with Crippen LogP contribution in [0.5, 0.6) is 0 Å². The highest BCUT2D eigenvalue weighted by Crippen LogP contribution is 2.24. The van der Waals surface area contributed by atoms with Crippen LogP contribution in [0.15, 0.2) is 33.7 Å². The first kappa shape index (κ1) is 17.6. The smallest absolute Gasteiger partial charge is 0.248 e. The first-order valence-electron chi connectivity index (χ1n) is 8.06. The summed E-state index contributed by atoms with van der Waals surface area (Å²) in [4.78, 5) is 2.40. The zero-order valence-corrected chi connectivity index (χ0v) is 15.1. The first-order valence-corrected chi connectivity index (χ1v) is 9.50. The molecular formula is C17H20N4O3S. The third-order valence-corrected chi connectivity index (χ3v) is 6.53. The molecule has 0 amide bonds. The molecule has 0 radical (unpaired) electrons. The van der Waals surface area contributed by atoms with Gasteiger partial charge in [0.25, 0.3) is 0 Å². The van der Waals surface area contributed by atoms with Crippen molar-refractivity contribution in [1.29, 1.82) is 5.26 Å². The van der Waals surface area contributed by atoms with E-state index in [9.17, 15) is 8.42 Å². The Morgan fingerprint density at radius 1 is 1.16 bits per heavy atom. The van der Waals surface area contributed by atoms with Crippen LogP contribution >= 0.6 is 0 Å². The highest BCUT2D eigenvalue weighted by Gasteiger charge is 2.33. The molecule has 0 spiro atoms. The maximum absolute atomic E-state index is 12.8. The van der Waals surface area contributed by atoms with Crippen LogP contribution in [0.1, 0.15) is 22.6 Å². The normalized spacial score (nSPS) is 16.7. The van der Waals surface area contributed by atoms with Crippen molar-refractivity contribution in [3.05, 3.63) is 46.8 Å². The second-order valence-corrected chi connectivity index (χ2v) is 8.02. The summed E-state index contributed by atoms with van der Waals surface area (Å²) in [6, 6.07) is 9.57. The number of sulfonamides is 1. The van der Waals surface area contributed by atoms with Crippen LogP contribution in [0.25, 0.3) is 0 Å². The highest BCUT2D eigenvalue weighted by molar-refractivity contribution is 7.89. The van der Waals surface area contributed by atoms with Gasteiger partial charge in [-0.15, -0.1) is 0 Å². The summed E-state index contributed by atoms with van der Waals surface area (Å²) in [7, 11) is -3.57. The van der Waals surface area contributed by atoms with Crippen LogP contribution in [0.3, 0.4) is 0 Å². The largest absolute Gasteiger partial charge is 0.360 e. The monoisotopic (exact) mass is 360 g/mol. The lowest BCUT2D eigenvalue weighted by atomic mass is 10.1. The van der Waals surface area contributed by atoms with Gasteiger partial charge in [0.1, 0.15) is 10.6 Å². The van der Waals surface area contributed by atoms with Crippen molar-refractivity contribution in [2.45, 2.75) is 25.3 Å². The maximum atomic E-state index is 12.8. The standard InChI is InChI=1S/C17H20N4O3S/c1-13-17(14(2)24-19-13)25(22,23)21-9-7-20(8-10-21)12-16-5-3-15(11-18)4-6-16/h3-6H,7-10,12H2,1-2H3. The third-order valence-electron chi connectivity index (χ3n) is 4.39. The molecular weight excluding hydrogens is 340 g/mol. The Kier molecular flexibility index (Phi) is 4.90. The summed E-state index contributed by atoms with van der Waals surface area (Å²) in [5.41, 5.74) is 2.15. The Morgan fingerprint density at radius 3 is 2.32 bits per heavy atom. The Morgan fingerprint density at radius 2 is 1.80 bits per heavy atom. The molecule has 0 atom stereocenters. The van der Waals surface area contributed by atoms with Gasteiger partial charge in [-0.3, -0.25) is 4.90 Å². The molecule has 1 saturated heterocycles. The predicted molar refractivity (Wildman–Crippen MR) is 91.2 cm³/mol. The van der Waals surface area contributed by atoms with Crippen LogP contribution in [0.2, 0.25) is 0 Å². The molecule has 0 saturated carbocycles. The van der Waals surface area contributed by atoms with Crippen LogP contribution < -0.4 is 0 Å². The number of nitriles is 1. The van der Waals surface area contributed by atoms with Gasteiger partial charge in [0.05, 0.1) is 11.6 Å². The molecule has 1 aliphatic rings. The molecule has 2 heterocycles. The van der Waals surface area contributed by atoms with E-state index in [0.29, 0.717) is 43.2 Å². The maximum Gasteiger partial charge on any atom is 0.248 e. The molecule has 7 nitrogen and oxygen atoms in total. The molecule has 25 heavy (non-hydrogen) atoms. The lowest BCUT2D eigenvalue weighted by Crippen LogP contribution is -2.48. The van der Waals surface area contributed by atoms with Crippen molar-refractivity contribution in [1.82, 2.24) is 14.4 Å². The second-order valence-electron chi connectivity index (χ2n) is 6.14. The number of hydrogen-bond donors (Lipinski definition) is 0. The van der Waals surface area contributed by atoms with E-state index in [-0.39, 0.29) is 4.90 Å². The molecule has 8 heteroatoms. The van der Waals surface area contributed by atoms with Crippen molar-refractivity contribution < 1.29 is 12.9 Å². The van der Waals surface area contributed by atoms with Crippen molar-refractivity contribution in [3.8, 4) is 6.07 Å². The summed E-state index contributed by atoms with van der Waals surface area (Å²) in [6.07, 6.45) is 0. The Bertz CT molecular complexity index is 869. The second kappa shape index (κ2) is 6.96. The Balaban J connectivity index is 1.64. The molecule has 3 rings (SSSR count). The van der Waals surface area contributed by atoms with Gasteiger partial charge in [0.15, 0.2) is 5.76 Å². The summed E-state index contributed by atoms with van der Waals surface area (Å²) in [6.45, 7) is 6.18. The van der Waals surface area contributed by atoms with Crippen LogP contribution in [0, 0.1) is 25.2 Å². The van der Waals surface area contributed by atoms with E-state index < -0.39 is 10.0 Å². The van der Waals surface area contributed by atoms with Gasteiger partial charge in [-0.2, -0.15) is 9.57 Å².